The Morgan fingerprint density at radius 3 is 1.50 bits per heavy atom. The first-order valence-electron chi connectivity index (χ1n) is 9.98. The second-order valence-corrected chi connectivity index (χ2v) is 10.6. The zero-order valence-electron chi connectivity index (χ0n) is 17.3. The van der Waals surface area contributed by atoms with E-state index in [4.69, 9.17) is 0 Å². The van der Waals surface area contributed by atoms with Crippen molar-refractivity contribution in [2.24, 2.45) is 0 Å². The lowest BCUT2D eigenvalue weighted by molar-refractivity contribution is -0.133. The predicted molar refractivity (Wildman–Crippen MR) is 102 cm³/mol. The highest BCUT2D eigenvalue weighted by molar-refractivity contribution is 5.05. The van der Waals surface area contributed by atoms with E-state index in [0.717, 1.165) is 18.8 Å². The second-order valence-electron chi connectivity index (χ2n) is 10.6. The maximum Gasteiger partial charge on any atom is 0.0508 e. The highest BCUT2D eigenvalue weighted by Crippen LogP contribution is 2.38. The van der Waals surface area contributed by atoms with Crippen LogP contribution < -0.4 is 0 Å². The Bertz CT molecular complexity index is 426. The zero-order chi connectivity index (χ0) is 17.9. The maximum atomic E-state index is 2.76. The smallest absolute Gasteiger partial charge is 0.0508 e. The molecule has 4 saturated heterocycles. The number of hydrogen-bond acceptors (Lipinski definition) is 4. The maximum absolute atomic E-state index is 2.76. The summed E-state index contributed by atoms with van der Waals surface area (Å²) in [5.41, 5.74) is 0.603. The first-order valence-corrected chi connectivity index (χ1v) is 9.98. The van der Waals surface area contributed by atoms with Gasteiger partial charge in [-0.2, -0.15) is 0 Å². The molecule has 4 rings (SSSR count). The fourth-order valence-corrected chi connectivity index (χ4v) is 6.06. The normalized spacial score (nSPS) is 37.5. The number of fused-ring (bicyclic) bond motifs is 2. The molecule has 4 aliphatic heterocycles. The Hall–Kier alpha value is -0.160. The van der Waals surface area contributed by atoms with Crippen molar-refractivity contribution in [3.05, 3.63) is 0 Å². The average molecular weight is 337 g/mol. The van der Waals surface area contributed by atoms with Crippen molar-refractivity contribution in [1.29, 1.82) is 0 Å². The number of rotatable bonds is 2. The number of piperidine rings is 1. The van der Waals surface area contributed by atoms with Crippen molar-refractivity contribution >= 4 is 0 Å². The van der Waals surface area contributed by atoms with Gasteiger partial charge in [0.2, 0.25) is 0 Å². The van der Waals surface area contributed by atoms with E-state index < -0.39 is 0 Å². The minimum absolute atomic E-state index is 0.269. The van der Waals surface area contributed by atoms with E-state index in [0.29, 0.717) is 17.6 Å². The molecular weight excluding hydrogens is 296 g/mol. The Kier molecular flexibility index (Phi) is 4.83. The fourth-order valence-electron chi connectivity index (χ4n) is 6.06. The van der Waals surface area contributed by atoms with E-state index >= 15 is 0 Å². The van der Waals surface area contributed by atoms with Crippen molar-refractivity contribution < 1.29 is 0 Å². The van der Waals surface area contributed by atoms with Crippen molar-refractivity contribution in [3.8, 4) is 0 Å². The van der Waals surface area contributed by atoms with Gasteiger partial charge in [-0.3, -0.25) is 19.6 Å². The lowest BCUT2D eigenvalue weighted by atomic mass is 9.82. The van der Waals surface area contributed by atoms with Crippen LogP contribution in [0.3, 0.4) is 0 Å². The molecule has 4 heterocycles. The molecule has 0 radical (unpaired) electrons. The molecule has 0 aromatic rings. The minimum atomic E-state index is 0.269. The van der Waals surface area contributed by atoms with Crippen molar-refractivity contribution in [3.63, 3.8) is 0 Å². The van der Waals surface area contributed by atoms with Crippen LogP contribution in [0.15, 0.2) is 0 Å². The third-order valence-corrected chi connectivity index (χ3v) is 6.21. The molecule has 0 aliphatic carbocycles. The van der Waals surface area contributed by atoms with Crippen LogP contribution in [0.5, 0.6) is 0 Å². The Labute approximate surface area is 150 Å². The third-order valence-electron chi connectivity index (χ3n) is 6.21. The van der Waals surface area contributed by atoms with E-state index in [-0.39, 0.29) is 5.54 Å². The molecule has 140 valence electrons. The topological polar surface area (TPSA) is 13.0 Å². The van der Waals surface area contributed by atoms with E-state index in [1.807, 2.05) is 0 Å². The molecule has 4 fully saturated rings. The van der Waals surface area contributed by atoms with Crippen molar-refractivity contribution in [1.82, 2.24) is 19.6 Å². The third kappa shape index (κ3) is 3.53. The molecule has 0 amide bonds. The lowest BCUT2D eigenvalue weighted by Crippen LogP contribution is -2.74. The standard InChI is InChI=1S/C20H40N4/c1-15-10-21(11-16(2)23(15)19(3,4)5)14-22-12-17-9-18(13-22)24(17)20(6,7)8/h15-18H,9-14H2,1-8H3. The quantitative estimate of drug-likeness (QED) is 0.768. The summed E-state index contributed by atoms with van der Waals surface area (Å²) in [6, 6.07) is 2.85. The molecule has 0 saturated carbocycles. The molecule has 0 N–H and O–H groups in total. The van der Waals surface area contributed by atoms with Gasteiger partial charge in [-0.1, -0.05) is 0 Å². The summed E-state index contributed by atoms with van der Waals surface area (Å²) in [6.07, 6.45) is 1.42. The van der Waals surface area contributed by atoms with Crippen LogP contribution in [-0.2, 0) is 0 Å². The van der Waals surface area contributed by atoms with Gasteiger partial charge in [-0.25, -0.2) is 0 Å². The largest absolute Gasteiger partial charge is 0.291 e. The van der Waals surface area contributed by atoms with Gasteiger partial charge in [0.1, 0.15) is 0 Å². The fraction of sp³-hybridized carbons (Fsp3) is 1.00. The van der Waals surface area contributed by atoms with Crippen LogP contribution in [-0.4, -0.2) is 87.7 Å². The summed E-state index contributed by atoms with van der Waals surface area (Å²) in [5.74, 6) is 0. The second kappa shape index (κ2) is 6.22. The van der Waals surface area contributed by atoms with Crippen LogP contribution in [0.1, 0.15) is 61.8 Å². The van der Waals surface area contributed by atoms with Crippen molar-refractivity contribution in [2.45, 2.75) is 97.1 Å². The van der Waals surface area contributed by atoms with Gasteiger partial charge in [0.15, 0.2) is 0 Å². The average Bonchev–Trinajstić information content (AvgIpc) is 2.33. The Morgan fingerprint density at radius 2 is 1.08 bits per heavy atom. The van der Waals surface area contributed by atoms with Gasteiger partial charge in [0.25, 0.3) is 0 Å². The summed E-state index contributed by atoms with van der Waals surface area (Å²) in [5, 5.41) is 0. The molecule has 24 heavy (non-hydrogen) atoms. The van der Waals surface area contributed by atoms with E-state index in [1.165, 1.54) is 32.6 Å². The van der Waals surface area contributed by atoms with Gasteiger partial charge >= 0.3 is 0 Å². The van der Waals surface area contributed by atoms with Gasteiger partial charge in [-0.15, -0.1) is 0 Å². The predicted octanol–water partition coefficient (Wildman–Crippen LogP) is 2.69. The van der Waals surface area contributed by atoms with Crippen LogP contribution in [0, 0.1) is 0 Å². The highest BCUT2D eigenvalue weighted by atomic mass is 15.4. The SMILES string of the molecule is CC1CN(CN2CC3CC(C2)N3C(C)(C)C)CC(C)N1C(C)(C)C. The molecule has 4 nitrogen and oxygen atoms in total. The number of hydrogen-bond donors (Lipinski definition) is 0. The Balaban J connectivity index is 1.54. The van der Waals surface area contributed by atoms with Crippen LogP contribution >= 0.6 is 0 Å². The van der Waals surface area contributed by atoms with Crippen LogP contribution in [0.4, 0.5) is 0 Å². The number of nitrogens with zero attached hydrogens (tertiary/aromatic N) is 4. The summed E-state index contributed by atoms with van der Waals surface area (Å²) < 4.78 is 0. The van der Waals surface area contributed by atoms with Gasteiger partial charge in [0.05, 0.1) is 6.67 Å². The molecular formula is C20H40N4. The molecule has 0 aromatic heterocycles. The molecule has 4 unspecified atom stereocenters. The van der Waals surface area contributed by atoms with Crippen LogP contribution in [0.2, 0.25) is 0 Å². The van der Waals surface area contributed by atoms with E-state index in [2.05, 4.69) is 75.0 Å². The zero-order valence-corrected chi connectivity index (χ0v) is 17.3. The monoisotopic (exact) mass is 336 g/mol. The van der Waals surface area contributed by atoms with E-state index in [1.54, 1.807) is 0 Å². The summed E-state index contributed by atoms with van der Waals surface area (Å²) >= 11 is 0. The highest BCUT2D eigenvalue weighted by Gasteiger charge is 2.49. The van der Waals surface area contributed by atoms with Crippen LogP contribution in [0.25, 0.3) is 0 Å². The first-order chi connectivity index (χ1) is 11.0. The molecule has 0 aromatic carbocycles. The molecule has 2 bridgehead atoms. The summed E-state index contributed by atoms with van der Waals surface area (Å²) in [7, 11) is 0. The minimum Gasteiger partial charge on any atom is -0.291 e. The molecule has 0 spiro atoms. The van der Waals surface area contributed by atoms with Gasteiger partial charge < -0.3 is 0 Å². The summed E-state index contributed by atoms with van der Waals surface area (Å²) in [4.78, 5) is 10.9. The summed E-state index contributed by atoms with van der Waals surface area (Å²) in [6.45, 7) is 25.1. The molecule has 4 heteroatoms. The van der Waals surface area contributed by atoms with E-state index in [9.17, 15) is 0 Å². The molecule has 4 atom stereocenters. The molecule has 4 aliphatic rings. The number of piperazine rings is 2. The lowest BCUT2D eigenvalue weighted by Gasteiger charge is -2.62. The van der Waals surface area contributed by atoms with Gasteiger partial charge in [0, 0.05) is 61.4 Å². The Morgan fingerprint density at radius 1 is 0.667 bits per heavy atom. The van der Waals surface area contributed by atoms with Crippen molar-refractivity contribution in [2.75, 3.05) is 32.8 Å². The van der Waals surface area contributed by atoms with Gasteiger partial charge in [-0.05, 0) is 61.8 Å². The first kappa shape index (κ1) is 18.6.